The molecule has 1 saturated carbocycles. The molecule has 1 N–H and O–H groups in total. The van der Waals surface area contributed by atoms with Gasteiger partial charge in [0, 0.05) is 12.1 Å². The van der Waals surface area contributed by atoms with Crippen LogP contribution in [0.5, 0.6) is 0 Å². The standard InChI is InChI=1S/C16H34N2/c1-5-7-10-15(6-2)13-17-14-16(18(3)4)11-8-9-12-16/h15,17H,5-14H2,1-4H3. The van der Waals surface area contributed by atoms with Gasteiger partial charge in [-0.3, -0.25) is 0 Å². The fourth-order valence-corrected chi connectivity index (χ4v) is 3.27. The van der Waals surface area contributed by atoms with Crippen LogP contribution in [0.4, 0.5) is 0 Å². The molecule has 1 aliphatic rings. The van der Waals surface area contributed by atoms with Crippen LogP contribution in [0.2, 0.25) is 0 Å². The predicted octanol–water partition coefficient (Wildman–Crippen LogP) is 3.67. The molecule has 18 heavy (non-hydrogen) atoms. The zero-order valence-corrected chi connectivity index (χ0v) is 13.1. The molecular weight excluding hydrogens is 220 g/mol. The van der Waals surface area contributed by atoms with E-state index in [0.717, 1.165) is 5.92 Å². The van der Waals surface area contributed by atoms with Crippen LogP contribution >= 0.6 is 0 Å². The minimum Gasteiger partial charge on any atom is -0.315 e. The summed E-state index contributed by atoms with van der Waals surface area (Å²) in [6, 6.07) is 0. The second kappa shape index (κ2) is 8.16. The molecule has 0 aromatic rings. The third-order valence-electron chi connectivity index (χ3n) is 4.91. The SMILES string of the molecule is CCCCC(CC)CNCC1(N(C)C)CCCC1. The maximum Gasteiger partial charge on any atom is 0.0327 e. The van der Waals surface area contributed by atoms with E-state index in [4.69, 9.17) is 0 Å². The van der Waals surface area contributed by atoms with Crippen LogP contribution in [0.15, 0.2) is 0 Å². The van der Waals surface area contributed by atoms with Crippen molar-refractivity contribution in [3.63, 3.8) is 0 Å². The molecule has 2 nitrogen and oxygen atoms in total. The number of hydrogen-bond acceptors (Lipinski definition) is 2. The summed E-state index contributed by atoms with van der Waals surface area (Å²) >= 11 is 0. The summed E-state index contributed by atoms with van der Waals surface area (Å²) in [5, 5.41) is 3.77. The van der Waals surface area contributed by atoms with Crippen molar-refractivity contribution in [2.75, 3.05) is 27.2 Å². The molecule has 1 unspecified atom stereocenters. The highest BCUT2D eigenvalue weighted by atomic mass is 15.2. The molecule has 0 aliphatic heterocycles. The van der Waals surface area contributed by atoms with Gasteiger partial charge in [-0.1, -0.05) is 46.0 Å². The number of rotatable bonds is 9. The molecule has 0 aromatic carbocycles. The van der Waals surface area contributed by atoms with E-state index < -0.39 is 0 Å². The highest BCUT2D eigenvalue weighted by Gasteiger charge is 2.35. The van der Waals surface area contributed by atoms with Crippen LogP contribution in [0, 0.1) is 5.92 Å². The van der Waals surface area contributed by atoms with Gasteiger partial charge in [0.1, 0.15) is 0 Å². The van der Waals surface area contributed by atoms with Gasteiger partial charge in [0.15, 0.2) is 0 Å². The van der Waals surface area contributed by atoms with E-state index in [0.29, 0.717) is 5.54 Å². The van der Waals surface area contributed by atoms with E-state index in [9.17, 15) is 0 Å². The molecule has 0 bridgehead atoms. The molecule has 1 rings (SSSR count). The van der Waals surface area contributed by atoms with Gasteiger partial charge in [-0.2, -0.15) is 0 Å². The summed E-state index contributed by atoms with van der Waals surface area (Å²) in [5.74, 6) is 0.880. The number of hydrogen-bond donors (Lipinski definition) is 1. The quantitative estimate of drug-likeness (QED) is 0.675. The van der Waals surface area contributed by atoms with E-state index in [1.807, 2.05) is 0 Å². The lowest BCUT2D eigenvalue weighted by atomic mass is 9.94. The molecule has 0 radical (unpaired) electrons. The maximum absolute atomic E-state index is 3.77. The molecule has 0 amide bonds. The Morgan fingerprint density at radius 2 is 1.83 bits per heavy atom. The summed E-state index contributed by atoms with van der Waals surface area (Å²) < 4.78 is 0. The monoisotopic (exact) mass is 254 g/mol. The topological polar surface area (TPSA) is 15.3 Å². The smallest absolute Gasteiger partial charge is 0.0327 e. The minimum absolute atomic E-state index is 0.447. The first-order valence-electron chi connectivity index (χ1n) is 8.02. The molecule has 108 valence electrons. The molecule has 1 aliphatic carbocycles. The van der Waals surface area contributed by atoms with E-state index in [-0.39, 0.29) is 0 Å². The summed E-state index contributed by atoms with van der Waals surface area (Å²) in [6.45, 7) is 7.02. The van der Waals surface area contributed by atoms with Crippen molar-refractivity contribution in [2.24, 2.45) is 5.92 Å². The minimum atomic E-state index is 0.447. The average Bonchev–Trinajstić information content (AvgIpc) is 2.83. The summed E-state index contributed by atoms with van der Waals surface area (Å²) in [5.41, 5.74) is 0.447. The first-order chi connectivity index (χ1) is 8.64. The first-order valence-corrected chi connectivity index (χ1v) is 8.02. The fourth-order valence-electron chi connectivity index (χ4n) is 3.27. The van der Waals surface area contributed by atoms with Gasteiger partial charge in [0.25, 0.3) is 0 Å². The van der Waals surface area contributed by atoms with Crippen molar-refractivity contribution in [1.29, 1.82) is 0 Å². The van der Waals surface area contributed by atoms with Crippen LogP contribution in [0.1, 0.15) is 65.2 Å². The molecule has 0 heterocycles. The Bertz CT molecular complexity index is 207. The largest absolute Gasteiger partial charge is 0.315 e. The van der Waals surface area contributed by atoms with Crippen molar-refractivity contribution in [3.8, 4) is 0 Å². The van der Waals surface area contributed by atoms with Gasteiger partial charge < -0.3 is 10.2 Å². The van der Waals surface area contributed by atoms with Crippen LogP contribution in [-0.2, 0) is 0 Å². The normalized spacial score (nSPS) is 20.5. The number of nitrogens with zero attached hydrogens (tertiary/aromatic N) is 1. The molecule has 0 spiro atoms. The number of nitrogens with one attached hydrogen (secondary N) is 1. The molecule has 0 aromatic heterocycles. The Balaban J connectivity index is 2.29. The summed E-state index contributed by atoms with van der Waals surface area (Å²) in [4.78, 5) is 2.46. The van der Waals surface area contributed by atoms with Crippen molar-refractivity contribution in [2.45, 2.75) is 70.8 Å². The van der Waals surface area contributed by atoms with Crippen LogP contribution in [-0.4, -0.2) is 37.6 Å². The average molecular weight is 254 g/mol. The zero-order valence-electron chi connectivity index (χ0n) is 13.1. The lowest BCUT2D eigenvalue weighted by molar-refractivity contribution is 0.151. The van der Waals surface area contributed by atoms with E-state index in [1.54, 1.807) is 0 Å². The first kappa shape index (κ1) is 16.0. The molecule has 2 heteroatoms. The highest BCUT2D eigenvalue weighted by Crippen LogP contribution is 2.33. The Morgan fingerprint density at radius 1 is 1.17 bits per heavy atom. The Hall–Kier alpha value is -0.0800. The molecule has 1 fully saturated rings. The number of likely N-dealkylation sites (N-methyl/N-ethyl adjacent to an activating group) is 1. The third kappa shape index (κ3) is 4.55. The van der Waals surface area contributed by atoms with Gasteiger partial charge in [-0.05, 0) is 45.8 Å². The Kier molecular flexibility index (Phi) is 7.25. The van der Waals surface area contributed by atoms with Gasteiger partial charge in [0.05, 0.1) is 0 Å². The van der Waals surface area contributed by atoms with Gasteiger partial charge in [-0.25, -0.2) is 0 Å². The van der Waals surface area contributed by atoms with Crippen LogP contribution < -0.4 is 5.32 Å². The van der Waals surface area contributed by atoms with Crippen LogP contribution in [0.25, 0.3) is 0 Å². The van der Waals surface area contributed by atoms with Crippen molar-refractivity contribution in [1.82, 2.24) is 10.2 Å². The van der Waals surface area contributed by atoms with Gasteiger partial charge in [-0.15, -0.1) is 0 Å². The number of unbranched alkanes of at least 4 members (excludes halogenated alkanes) is 1. The van der Waals surface area contributed by atoms with E-state index in [2.05, 4.69) is 38.2 Å². The van der Waals surface area contributed by atoms with Crippen molar-refractivity contribution in [3.05, 3.63) is 0 Å². The molecule has 0 saturated heterocycles. The lowest BCUT2D eigenvalue weighted by Crippen LogP contribution is -2.50. The maximum atomic E-state index is 3.77. The van der Waals surface area contributed by atoms with E-state index in [1.165, 1.54) is 64.5 Å². The predicted molar refractivity (Wildman–Crippen MR) is 81.1 cm³/mol. The highest BCUT2D eigenvalue weighted by molar-refractivity contribution is 4.94. The lowest BCUT2D eigenvalue weighted by Gasteiger charge is -2.37. The van der Waals surface area contributed by atoms with Crippen molar-refractivity contribution >= 4 is 0 Å². The second-order valence-corrected chi connectivity index (χ2v) is 6.37. The Morgan fingerprint density at radius 3 is 2.33 bits per heavy atom. The molecule has 1 atom stereocenters. The third-order valence-corrected chi connectivity index (χ3v) is 4.91. The second-order valence-electron chi connectivity index (χ2n) is 6.37. The van der Waals surface area contributed by atoms with Gasteiger partial charge >= 0.3 is 0 Å². The van der Waals surface area contributed by atoms with E-state index >= 15 is 0 Å². The van der Waals surface area contributed by atoms with Crippen molar-refractivity contribution < 1.29 is 0 Å². The van der Waals surface area contributed by atoms with Gasteiger partial charge in [0.2, 0.25) is 0 Å². The zero-order chi connectivity index (χ0) is 13.4. The molecular formula is C16H34N2. The fraction of sp³-hybridized carbons (Fsp3) is 1.00. The Labute approximate surface area is 115 Å². The summed E-state index contributed by atoms with van der Waals surface area (Å²) in [7, 11) is 4.50. The van der Waals surface area contributed by atoms with Crippen LogP contribution in [0.3, 0.4) is 0 Å². The summed E-state index contributed by atoms with van der Waals surface area (Å²) in [6.07, 6.45) is 11.0.